The van der Waals surface area contributed by atoms with Crippen LogP contribution < -0.4 is 16.4 Å². The molecular formula is C12H21ClN4O2S. The quantitative estimate of drug-likeness (QED) is 0.737. The number of nitrogens with two attached hydrogens (primary N) is 1. The molecule has 6 nitrogen and oxygen atoms in total. The number of rotatable bonds is 6. The minimum atomic E-state index is -0.637. The predicted molar refractivity (Wildman–Crippen MR) is 83.0 cm³/mol. The first-order chi connectivity index (χ1) is 8.90. The zero-order chi connectivity index (χ0) is 14.4. The van der Waals surface area contributed by atoms with Crippen LogP contribution in [0.3, 0.4) is 0 Å². The molecule has 2 amide bonds. The van der Waals surface area contributed by atoms with Gasteiger partial charge < -0.3 is 16.4 Å². The number of carbonyl (C=O) groups is 2. The molecule has 4 N–H and O–H groups in total. The topological polar surface area (TPSA) is 97.1 Å². The van der Waals surface area contributed by atoms with Gasteiger partial charge >= 0.3 is 0 Å². The van der Waals surface area contributed by atoms with Crippen molar-refractivity contribution in [1.82, 2.24) is 10.3 Å². The molecule has 0 aliphatic rings. The lowest BCUT2D eigenvalue weighted by Crippen LogP contribution is -2.49. The Morgan fingerprint density at radius 1 is 1.35 bits per heavy atom. The van der Waals surface area contributed by atoms with Gasteiger partial charge in [-0.15, -0.1) is 23.7 Å². The first-order valence-electron chi connectivity index (χ1n) is 6.16. The van der Waals surface area contributed by atoms with Crippen molar-refractivity contribution < 1.29 is 9.59 Å². The van der Waals surface area contributed by atoms with E-state index in [9.17, 15) is 9.59 Å². The van der Waals surface area contributed by atoms with Gasteiger partial charge in [-0.05, 0) is 19.3 Å². The summed E-state index contributed by atoms with van der Waals surface area (Å²) >= 11 is 1.33. The second-order valence-electron chi connectivity index (χ2n) is 4.81. The first-order valence-corrected chi connectivity index (χ1v) is 7.04. The van der Waals surface area contributed by atoms with E-state index in [4.69, 9.17) is 5.73 Å². The molecule has 1 aromatic heterocycles. The molecule has 0 aliphatic heterocycles. The van der Waals surface area contributed by atoms with Gasteiger partial charge in [0, 0.05) is 11.6 Å². The van der Waals surface area contributed by atoms with Gasteiger partial charge in [-0.3, -0.25) is 9.59 Å². The summed E-state index contributed by atoms with van der Waals surface area (Å²) < 4.78 is 0. The van der Waals surface area contributed by atoms with E-state index in [1.165, 1.54) is 11.3 Å². The van der Waals surface area contributed by atoms with Crippen LogP contribution in [0.2, 0.25) is 0 Å². The zero-order valence-electron chi connectivity index (χ0n) is 11.8. The summed E-state index contributed by atoms with van der Waals surface area (Å²) in [4.78, 5) is 27.7. The molecule has 0 fully saturated rings. The fourth-order valence-corrected chi connectivity index (χ4v) is 2.02. The van der Waals surface area contributed by atoms with Crippen molar-refractivity contribution in [3.63, 3.8) is 0 Å². The summed E-state index contributed by atoms with van der Waals surface area (Å²) in [5.41, 5.74) is 5.50. The maximum atomic E-state index is 12.1. The molecule has 8 heteroatoms. The van der Waals surface area contributed by atoms with E-state index < -0.39 is 12.1 Å². The van der Waals surface area contributed by atoms with Crippen LogP contribution in [0.25, 0.3) is 0 Å². The van der Waals surface area contributed by atoms with Crippen molar-refractivity contribution >= 4 is 40.7 Å². The molecule has 2 atom stereocenters. The number of hydrogen-bond acceptors (Lipinski definition) is 5. The van der Waals surface area contributed by atoms with Gasteiger partial charge in [-0.25, -0.2) is 4.98 Å². The molecule has 0 bridgehead atoms. The fraction of sp³-hybridized carbons (Fsp3) is 0.583. The molecule has 0 saturated heterocycles. The number of hydrogen-bond donors (Lipinski definition) is 3. The van der Waals surface area contributed by atoms with E-state index in [-0.39, 0.29) is 30.1 Å². The third kappa shape index (κ3) is 6.31. The maximum absolute atomic E-state index is 12.1. The number of nitrogens with zero attached hydrogens (tertiary/aromatic N) is 1. The van der Waals surface area contributed by atoms with Gasteiger partial charge in [-0.1, -0.05) is 13.8 Å². The van der Waals surface area contributed by atoms with E-state index in [1.54, 1.807) is 18.5 Å². The number of aromatic nitrogens is 1. The van der Waals surface area contributed by atoms with E-state index in [0.29, 0.717) is 11.6 Å². The second kappa shape index (κ2) is 8.89. The molecule has 1 heterocycles. The molecular weight excluding hydrogens is 300 g/mol. The normalized spacial score (nSPS) is 13.2. The highest BCUT2D eigenvalue weighted by Crippen LogP contribution is 2.12. The Morgan fingerprint density at radius 2 is 2.00 bits per heavy atom. The Balaban J connectivity index is 0.00000361. The molecule has 1 aromatic rings. The summed E-state index contributed by atoms with van der Waals surface area (Å²) in [6.07, 6.45) is 2.16. The molecule has 0 radical (unpaired) electrons. The third-order valence-electron chi connectivity index (χ3n) is 2.42. The van der Waals surface area contributed by atoms with Gasteiger partial charge in [0.2, 0.25) is 11.8 Å². The van der Waals surface area contributed by atoms with Crippen molar-refractivity contribution in [1.29, 1.82) is 0 Å². The average Bonchev–Trinajstić information content (AvgIpc) is 2.79. The Hall–Kier alpha value is -1.18. The van der Waals surface area contributed by atoms with Crippen LogP contribution in [0.4, 0.5) is 5.13 Å². The summed E-state index contributed by atoms with van der Waals surface area (Å²) in [6, 6.07) is -1.23. The zero-order valence-corrected chi connectivity index (χ0v) is 13.4. The van der Waals surface area contributed by atoms with Crippen LogP contribution in [-0.4, -0.2) is 28.9 Å². The number of carbonyl (C=O) groups excluding carboxylic acids is 2. The highest BCUT2D eigenvalue weighted by molar-refractivity contribution is 7.13. The number of amides is 2. The largest absolute Gasteiger partial charge is 0.343 e. The van der Waals surface area contributed by atoms with Crippen LogP contribution in [-0.2, 0) is 9.59 Å². The lowest BCUT2D eigenvalue weighted by Gasteiger charge is -2.20. The molecule has 0 saturated carbocycles. The number of nitrogens with one attached hydrogen (secondary N) is 2. The predicted octanol–water partition coefficient (Wildman–Crippen LogP) is 1.38. The van der Waals surface area contributed by atoms with Crippen LogP contribution >= 0.6 is 23.7 Å². The van der Waals surface area contributed by atoms with E-state index >= 15 is 0 Å². The van der Waals surface area contributed by atoms with Crippen LogP contribution in [0, 0.1) is 5.92 Å². The van der Waals surface area contributed by atoms with E-state index in [1.807, 2.05) is 13.8 Å². The van der Waals surface area contributed by atoms with Crippen molar-refractivity contribution in [2.75, 3.05) is 5.32 Å². The number of halogens is 1. The van der Waals surface area contributed by atoms with Crippen molar-refractivity contribution in [2.45, 2.75) is 39.3 Å². The van der Waals surface area contributed by atoms with Gasteiger partial charge in [0.25, 0.3) is 0 Å². The molecule has 114 valence electrons. The number of thiazole rings is 1. The van der Waals surface area contributed by atoms with Crippen LogP contribution in [0.5, 0.6) is 0 Å². The highest BCUT2D eigenvalue weighted by Gasteiger charge is 2.23. The van der Waals surface area contributed by atoms with Crippen LogP contribution in [0.15, 0.2) is 11.6 Å². The second-order valence-corrected chi connectivity index (χ2v) is 5.70. The lowest BCUT2D eigenvalue weighted by molar-refractivity contribution is -0.127. The van der Waals surface area contributed by atoms with Gasteiger partial charge in [0.1, 0.15) is 6.04 Å². The molecule has 20 heavy (non-hydrogen) atoms. The highest BCUT2D eigenvalue weighted by atomic mass is 35.5. The number of anilines is 1. The van der Waals surface area contributed by atoms with Gasteiger partial charge in [0.15, 0.2) is 5.13 Å². The first kappa shape index (κ1) is 18.8. The lowest BCUT2D eigenvalue weighted by atomic mass is 10.0. The molecule has 0 aromatic carbocycles. The third-order valence-corrected chi connectivity index (χ3v) is 3.10. The molecule has 0 aliphatic carbocycles. The monoisotopic (exact) mass is 320 g/mol. The SMILES string of the molecule is CC(C)CC(NC(=O)C(C)N)C(=O)Nc1nccs1.Cl. The van der Waals surface area contributed by atoms with E-state index in [0.717, 1.165) is 0 Å². The van der Waals surface area contributed by atoms with Gasteiger partial charge in [0.05, 0.1) is 6.04 Å². The fourth-order valence-electron chi connectivity index (χ4n) is 1.48. The van der Waals surface area contributed by atoms with E-state index in [2.05, 4.69) is 15.6 Å². The van der Waals surface area contributed by atoms with Crippen molar-refractivity contribution in [3.8, 4) is 0 Å². The Morgan fingerprint density at radius 3 is 2.45 bits per heavy atom. The molecule has 1 rings (SSSR count). The molecule has 0 spiro atoms. The summed E-state index contributed by atoms with van der Waals surface area (Å²) in [5.74, 6) is -0.321. The Kier molecular flexibility index (Phi) is 8.36. The average molecular weight is 321 g/mol. The summed E-state index contributed by atoms with van der Waals surface area (Å²) in [7, 11) is 0. The summed E-state index contributed by atoms with van der Waals surface area (Å²) in [5, 5.41) is 7.64. The standard InChI is InChI=1S/C12H20N4O2S.ClH/c1-7(2)6-9(15-10(17)8(3)13)11(18)16-12-14-4-5-19-12;/h4-5,7-9H,6,13H2,1-3H3,(H,15,17)(H,14,16,18);1H. The van der Waals surface area contributed by atoms with Crippen molar-refractivity contribution in [3.05, 3.63) is 11.6 Å². The minimum absolute atomic E-state index is 0. The van der Waals surface area contributed by atoms with Crippen molar-refractivity contribution in [2.24, 2.45) is 11.7 Å². The van der Waals surface area contributed by atoms with Crippen LogP contribution in [0.1, 0.15) is 27.2 Å². The maximum Gasteiger partial charge on any atom is 0.248 e. The summed E-state index contributed by atoms with van der Waals surface area (Å²) in [6.45, 7) is 5.56. The Labute approximate surface area is 128 Å². The van der Waals surface area contributed by atoms with Gasteiger partial charge in [-0.2, -0.15) is 0 Å². The Bertz CT molecular complexity index is 423. The smallest absolute Gasteiger partial charge is 0.248 e. The minimum Gasteiger partial charge on any atom is -0.343 e. The molecule has 2 unspecified atom stereocenters.